The average molecular weight is 444 g/mol. The zero-order chi connectivity index (χ0) is 24.4. The molecular weight excluding hydrogens is 409 g/mol. The van der Waals surface area contributed by atoms with Gasteiger partial charge in [0, 0.05) is 33.4 Å². The molecule has 0 radical (unpaired) electrons. The molecule has 7 nitrogen and oxygen atoms in total. The summed E-state index contributed by atoms with van der Waals surface area (Å²) < 4.78 is 13.4. The lowest BCUT2D eigenvalue weighted by Gasteiger charge is -2.26. The molecule has 32 heavy (non-hydrogen) atoms. The highest BCUT2D eigenvalue weighted by molar-refractivity contribution is 5.98. The number of hydrogen-bond donors (Lipinski definition) is 2. The fourth-order valence-corrected chi connectivity index (χ4v) is 2.88. The van der Waals surface area contributed by atoms with Crippen LogP contribution in [-0.2, 0) is 0 Å². The number of allylic oxidation sites excluding steroid dienone is 4. The summed E-state index contributed by atoms with van der Waals surface area (Å²) in [6.07, 6.45) is 2.14. The molecule has 1 aromatic carbocycles. The highest BCUT2D eigenvalue weighted by Crippen LogP contribution is 2.30. The molecule has 0 saturated heterocycles. The van der Waals surface area contributed by atoms with E-state index < -0.39 is 12.7 Å². The first-order valence-electron chi connectivity index (χ1n) is 10.2. The Morgan fingerprint density at radius 1 is 1.22 bits per heavy atom. The Morgan fingerprint density at radius 2 is 1.81 bits per heavy atom. The number of amidine groups is 1. The first kappa shape index (κ1) is 26.9. The van der Waals surface area contributed by atoms with Crippen LogP contribution in [-0.4, -0.2) is 72.5 Å². The predicted molar refractivity (Wildman–Crippen MR) is 131 cm³/mol. The number of rotatable bonds is 8. The lowest BCUT2D eigenvalue weighted by Crippen LogP contribution is -2.40. The second-order valence-corrected chi connectivity index (χ2v) is 7.45. The van der Waals surface area contributed by atoms with E-state index in [1.807, 2.05) is 27.8 Å². The molecule has 0 aromatic heterocycles. The van der Waals surface area contributed by atoms with Gasteiger partial charge in [0.1, 0.15) is 11.7 Å². The van der Waals surface area contributed by atoms with Gasteiger partial charge < -0.3 is 15.1 Å². The van der Waals surface area contributed by atoms with Gasteiger partial charge in [-0.25, -0.2) is 14.4 Å². The Balaban J connectivity index is 3.64. The Morgan fingerprint density at radius 3 is 2.28 bits per heavy atom. The van der Waals surface area contributed by atoms with Gasteiger partial charge in [-0.15, -0.1) is 0 Å². The second-order valence-electron chi connectivity index (χ2n) is 7.45. The fraction of sp³-hybridized carbons (Fsp3) is 0.375. The van der Waals surface area contributed by atoms with Crippen LogP contribution in [0, 0.1) is 11.7 Å². The lowest BCUT2D eigenvalue weighted by molar-refractivity contribution is 0.131. The topological polar surface area (TPSA) is 84.0 Å². The summed E-state index contributed by atoms with van der Waals surface area (Å²) >= 11 is 0. The third-order valence-electron chi connectivity index (χ3n) is 4.78. The maximum Gasteiger partial charge on any atom is 0.222 e. The van der Waals surface area contributed by atoms with Crippen molar-refractivity contribution in [1.29, 1.82) is 0 Å². The van der Waals surface area contributed by atoms with Crippen molar-refractivity contribution in [3.8, 4) is 0 Å². The molecule has 1 unspecified atom stereocenters. The van der Waals surface area contributed by atoms with Gasteiger partial charge in [-0.1, -0.05) is 44.7 Å². The highest BCUT2D eigenvalue weighted by atomic mass is 19.1. The van der Waals surface area contributed by atoms with Crippen LogP contribution >= 0.6 is 0 Å². The number of aliphatic imine (C=N–C) groups is 2. The molecule has 0 saturated carbocycles. The van der Waals surface area contributed by atoms with Gasteiger partial charge in [0.25, 0.3) is 0 Å². The standard InChI is InChI=1S/C24H34FN5O2/c1-16(2)23(28-18(4)29(7)24(26-5)30(8)27-6)22(14-13-21(32)15-31)17(3)19-9-11-20(25)12-10-19/h9-14,16,21,31-32H,3,6,15H2,1-2,4-5,7-8H3/b14-13+,23-22-,26-24?,28-18?. The maximum atomic E-state index is 13.4. The molecular formula is C24H34FN5O2. The summed E-state index contributed by atoms with van der Waals surface area (Å²) in [5.41, 5.74) is 2.70. The summed E-state index contributed by atoms with van der Waals surface area (Å²) in [5.74, 6) is 0.836. The molecule has 1 aromatic rings. The molecule has 174 valence electrons. The molecule has 0 fully saturated rings. The van der Waals surface area contributed by atoms with Crippen molar-refractivity contribution in [3.63, 3.8) is 0 Å². The molecule has 0 bridgehead atoms. The Labute approximate surface area is 190 Å². The number of nitrogens with zero attached hydrogens (tertiary/aromatic N) is 5. The van der Waals surface area contributed by atoms with E-state index in [0.717, 1.165) is 5.56 Å². The molecule has 2 N–H and O–H groups in total. The van der Waals surface area contributed by atoms with Crippen LogP contribution in [0.3, 0.4) is 0 Å². The van der Waals surface area contributed by atoms with Crippen molar-refractivity contribution in [3.05, 3.63) is 65.6 Å². The largest absolute Gasteiger partial charge is 0.393 e. The molecule has 0 heterocycles. The van der Waals surface area contributed by atoms with Crippen molar-refractivity contribution in [2.75, 3.05) is 27.7 Å². The molecule has 1 rings (SSSR count). The van der Waals surface area contributed by atoms with E-state index in [4.69, 9.17) is 4.99 Å². The van der Waals surface area contributed by atoms with E-state index in [1.165, 1.54) is 23.2 Å². The fourth-order valence-electron chi connectivity index (χ4n) is 2.88. The van der Waals surface area contributed by atoms with Gasteiger partial charge in [0.05, 0.1) is 18.4 Å². The number of halogens is 1. The van der Waals surface area contributed by atoms with Crippen molar-refractivity contribution in [2.24, 2.45) is 21.0 Å². The SMILES string of the molecule is C=NN(C)C(=NC)N(C)C(C)=N/C(=C(/C=C/C(O)CO)C(=C)c1ccc(F)cc1)C(C)C. The third kappa shape index (κ3) is 7.25. The predicted octanol–water partition coefficient (Wildman–Crippen LogP) is 3.54. The summed E-state index contributed by atoms with van der Waals surface area (Å²) in [5, 5.41) is 24.5. The summed E-state index contributed by atoms with van der Waals surface area (Å²) in [6.45, 7) is 13.1. The molecule has 0 aliphatic heterocycles. The molecule has 0 amide bonds. The first-order valence-corrected chi connectivity index (χ1v) is 10.2. The van der Waals surface area contributed by atoms with Crippen molar-refractivity contribution in [2.45, 2.75) is 26.9 Å². The Hall–Kier alpha value is -3.10. The Bertz CT molecular complexity index is 917. The van der Waals surface area contributed by atoms with E-state index in [2.05, 4.69) is 23.4 Å². The van der Waals surface area contributed by atoms with Gasteiger partial charge in [-0.2, -0.15) is 5.10 Å². The molecule has 0 aliphatic rings. The normalized spacial score (nSPS) is 14.4. The second kappa shape index (κ2) is 12.7. The quantitative estimate of drug-likeness (QED) is 0.279. The number of aliphatic hydroxyl groups excluding tert-OH is 2. The van der Waals surface area contributed by atoms with Gasteiger partial charge in [0.2, 0.25) is 5.96 Å². The molecule has 1 atom stereocenters. The number of hydrazone groups is 1. The Kier molecular flexibility index (Phi) is 10.7. The zero-order valence-corrected chi connectivity index (χ0v) is 19.7. The minimum absolute atomic E-state index is 0.0151. The van der Waals surface area contributed by atoms with E-state index in [9.17, 15) is 14.6 Å². The van der Waals surface area contributed by atoms with Gasteiger partial charge in [0.15, 0.2) is 0 Å². The van der Waals surface area contributed by atoms with Gasteiger partial charge in [-0.3, -0.25) is 4.99 Å². The maximum absolute atomic E-state index is 13.4. The number of guanidine groups is 1. The monoisotopic (exact) mass is 443 g/mol. The summed E-state index contributed by atoms with van der Waals surface area (Å²) in [4.78, 5) is 10.9. The zero-order valence-electron chi connectivity index (χ0n) is 19.7. The van der Waals surface area contributed by atoms with Crippen LogP contribution in [0.1, 0.15) is 26.3 Å². The molecule has 0 aliphatic carbocycles. The number of aliphatic hydroxyl groups is 2. The van der Waals surface area contributed by atoms with Crippen LogP contribution in [0.25, 0.3) is 5.57 Å². The molecule has 8 heteroatoms. The lowest BCUT2D eigenvalue weighted by atomic mass is 9.93. The van der Waals surface area contributed by atoms with E-state index >= 15 is 0 Å². The number of benzene rings is 1. The summed E-state index contributed by atoms with van der Waals surface area (Å²) in [7, 11) is 5.21. The third-order valence-corrected chi connectivity index (χ3v) is 4.78. The van der Waals surface area contributed by atoms with Crippen LogP contribution in [0.5, 0.6) is 0 Å². The van der Waals surface area contributed by atoms with E-state index in [1.54, 1.807) is 37.2 Å². The minimum atomic E-state index is -1.03. The first-order chi connectivity index (χ1) is 15.1. The van der Waals surface area contributed by atoms with Crippen molar-refractivity contribution < 1.29 is 14.6 Å². The minimum Gasteiger partial charge on any atom is -0.393 e. The van der Waals surface area contributed by atoms with Crippen LogP contribution in [0.2, 0.25) is 0 Å². The van der Waals surface area contributed by atoms with Crippen LogP contribution in [0.4, 0.5) is 4.39 Å². The van der Waals surface area contributed by atoms with Gasteiger partial charge >= 0.3 is 0 Å². The van der Waals surface area contributed by atoms with E-state index in [-0.39, 0.29) is 11.7 Å². The average Bonchev–Trinajstić information content (AvgIpc) is 2.78. The smallest absolute Gasteiger partial charge is 0.222 e. The van der Waals surface area contributed by atoms with Crippen molar-refractivity contribution >= 4 is 24.1 Å². The molecule has 0 spiro atoms. The number of hydrogen-bond acceptors (Lipinski definition) is 5. The van der Waals surface area contributed by atoms with Gasteiger partial charge in [-0.05, 0) is 36.1 Å². The van der Waals surface area contributed by atoms with Crippen LogP contribution in [0.15, 0.2) is 69.4 Å². The van der Waals surface area contributed by atoms with Crippen LogP contribution < -0.4 is 0 Å². The summed E-state index contributed by atoms with van der Waals surface area (Å²) in [6, 6.07) is 6.01. The van der Waals surface area contributed by atoms with Crippen molar-refractivity contribution in [1.82, 2.24) is 9.91 Å². The van der Waals surface area contributed by atoms with E-state index in [0.29, 0.717) is 28.6 Å². The highest BCUT2D eigenvalue weighted by Gasteiger charge is 2.17.